The molecule has 3 rings (SSSR count). The summed E-state index contributed by atoms with van der Waals surface area (Å²) < 4.78 is 0. The number of aliphatic hydroxyl groups excluding tert-OH is 1. The van der Waals surface area contributed by atoms with Crippen molar-refractivity contribution in [3.63, 3.8) is 0 Å². The van der Waals surface area contributed by atoms with Gasteiger partial charge in [-0.05, 0) is 67.3 Å². The average molecular weight is 388 g/mol. The maximum absolute atomic E-state index is 8.87. The third-order valence-corrected chi connectivity index (χ3v) is 5.71. The fourth-order valence-corrected chi connectivity index (χ4v) is 3.93. The molecule has 0 fully saturated rings. The molecule has 2 aromatic carbocycles. The summed E-state index contributed by atoms with van der Waals surface area (Å²) in [5.74, 6) is 6.67. The lowest BCUT2D eigenvalue weighted by molar-refractivity contribution is 0.290. The van der Waals surface area contributed by atoms with Gasteiger partial charge in [-0.2, -0.15) is 0 Å². The Bertz CT molecular complexity index is 838. The van der Waals surface area contributed by atoms with Gasteiger partial charge in [0, 0.05) is 30.6 Å². The highest BCUT2D eigenvalue weighted by Crippen LogP contribution is 2.42. The van der Waals surface area contributed by atoms with Gasteiger partial charge in [0.1, 0.15) is 0 Å². The quantitative estimate of drug-likeness (QED) is 0.550. The van der Waals surface area contributed by atoms with Gasteiger partial charge >= 0.3 is 0 Å². The molecular formula is C22H23Cl2NO. The number of unbranched alkanes of at least 4 members (excludes halogenated alkanes) is 1. The molecule has 2 N–H and O–H groups in total. The van der Waals surface area contributed by atoms with Crippen LogP contribution >= 0.6 is 23.2 Å². The van der Waals surface area contributed by atoms with Crippen LogP contribution in [-0.4, -0.2) is 18.8 Å². The number of halogens is 2. The summed E-state index contributed by atoms with van der Waals surface area (Å²) >= 11 is 12.3. The van der Waals surface area contributed by atoms with E-state index < -0.39 is 0 Å². The first-order chi connectivity index (χ1) is 12.6. The number of fused-ring (bicyclic) bond motifs is 1. The second kappa shape index (κ2) is 8.93. The number of nitrogens with one attached hydrogen (secondary N) is 1. The molecule has 0 heterocycles. The van der Waals surface area contributed by atoms with E-state index in [0.717, 1.165) is 31.2 Å². The molecule has 2 aromatic rings. The average Bonchev–Trinajstić information content (AvgIpc) is 2.66. The van der Waals surface area contributed by atoms with Crippen molar-refractivity contribution in [1.29, 1.82) is 0 Å². The smallest absolute Gasteiger partial charge is 0.0595 e. The summed E-state index contributed by atoms with van der Waals surface area (Å²) in [6.45, 7) is 0.187. The van der Waals surface area contributed by atoms with Crippen molar-refractivity contribution >= 4 is 23.2 Å². The molecule has 0 saturated carbocycles. The standard InChI is InChI=1S/C22H23Cl2NO/c1-25-22-11-9-17(16-7-10-20(23)21(24)14-16)18-8-6-15(13-19(18)22)5-3-2-4-12-26/h6-8,10,13-14,17,22,25-26H,2,4,9,11-12H2,1H3/t17-,22-/m0/s1. The van der Waals surface area contributed by atoms with Crippen molar-refractivity contribution in [1.82, 2.24) is 5.32 Å². The Kier molecular flexibility index (Phi) is 6.62. The summed E-state index contributed by atoms with van der Waals surface area (Å²) in [5, 5.41) is 13.5. The SMILES string of the molecule is CN[C@H]1CC[C@@H](c2ccc(Cl)c(Cl)c2)c2ccc(C#CCCCO)cc21. The zero-order valence-corrected chi connectivity index (χ0v) is 16.4. The Morgan fingerprint density at radius 3 is 2.65 bits per heavy atom. The Labute approximate surface area is 165 Å². The molecule has 1 aliphatic carbocycles. The highest BCUT2D eigenvalue weighted by atomic mass is 35.5. The van der Waals surface area contributed by atoms with Crippen LogP contribution in [0, 0.1) is 11.8 Å². The zero-order chi connectivity index (χ0) is 18.5. The van der Waals surface area contributed by atoms with Crippen LogP contribution in [0.25, 0.3) is 0 Å². The predicted octanol–water partition coefficient (Wildman–Crippen LogP) is 5.30. The summed E-state index contributed by atoms with van der Waals surface area (Å²) in [6, 6.07) is 12.8. The van der Waals surface area contributed by atoms with Gasteiger partial charge in [-0.15, -0.1) is 0 Å². The molecule has 0 unspecified atom stereocenters. The topological polar surface area (TPSA) is 32.3 Å². The Morgan fingerprint density at radius 1 is 1.08 bits per heavy atom. The van der Waals surface area contributed by atoms with Crippen LogP contribution in [0.2, 0.25) is 10.0 Å². The first-order valence-corrected chi connectivity index (χ1v) is 9.75. The maximum atomic E-state index is 8.87. The molecular weight excluding hydrogens is 365 g/mol. The Balaban J connectivity index is 1.95. The number of benzene rings is 2. The van der Waals surface area contributed by atoms with Crippen molar-refractivity contribution in [3.05, 3.63) is 68.7 Å². The van der Waals surface area contributed by atoms with Crippen LogP contribution in [0.3, 0.4) is 0 Å². The molecule has 0 spiro atoms. The molecule has 0 bridgehead atoms. The molecule has 0 aliphatic heterocycles. The van der Waals surface area contributed by atoms with E-state index in [1.807, 2.05) is 19.2 Å². The lowest BCUT2D eigenvalue weighted by Crippen LogP contribution is -2.24. The minimum atomic E-state index is 0.187. The van der Waals surface area contributed by atoms with Crippen LogP contribution in [0.4, 0.5) is 0 Å². The highest BCUT2D eigenvalue weighted by molar-refractivity contribution is 6.42. The molecule has 2 atom stereocenters. The number of rotatable bonds is 4. The van der Waals surface area contributed by atoms with E-state index in [2.05, 4.69) is 41.4 Å². The molecule has 0 amide bonds. The van der Waals surface area contributed by atoms with E-state index in [1.54, 1.807) is 0 Å². The second-order valence-electron chi connectivity index (χ2n) is 6.62. The number of aliphatic hydroxyl groups is 1. The first-order valence-electron chi connectivity index (χ1n) is 9.00. The fraction of sp³-hybridized carbons (Fsp3) is 0.364. The van der Waals surface area contributed by atoms with E-state index in [-0.39, 0.29) is 6.61 Å². The van der Waals surface area contributed by atoms with Crippen LogP contribution in [0.1, 0.15) is 59.9 Å². The van der Waals surface area contributed by atoms with Gasteiger partial charge in [-0.3, -0.25) is 0 Å². The van der Waals surface area contributed by atoms with Crippen LogP contribution in [-0.2, 0) is 0 Å². The number of hydrogen-bond donors (Lipinski definition) is 2. The maximum Gasteiger partial charge on any atom is 0.0595 e. The monoisotopic (exact) mass is 387 g/mol. The van der Waals surface area contributed by atoms with Gasteiger partial charge in [0.05, 0.1) is 10.0 Å². The van der Waals surface area contributed by atoms with Crippen molar-refractivity contribution < 1.29 is 5.11 Å². The van der Waals surface area contributed by atoms with E-state index in [4.69, 9.17) is 28.3 Å². The lowest BCUT2D eigenvalue weighted by atomic mass is 9.76. The molecule has 0 radical (unpaired) electrons. The van der Waals surface area contributed by atoms with Crippen LogP contribution in [0.5, 0.6) is 0 Å². The van der Waals surface area contributed by atoms with Gasteiger partial charge in [0.2, 0.25) is 0 Å². The third kappa shape index (κ3) is 4.24. The predicted molar refractivity (Wildman–Crippen MR) is 109 cm³/mol. The van der Waals surface area contributed by atoms with Gasteiger partial charge < -0.3 is 10.4 Å². The molecule has 1 aliphatic rings. The molecule has 136 valence electrons. The van der Waals surface area contributed by atoms with Crippen molar-refractivity contribution in [3.8, 4) is 11.8 Å². The fourth-order valence-electron chi connectivity index (χ4n) is 3.62. The Morgan fingerprint density at radius 2 is 1.92 bits per heavy atom. The normalized spacial score (nSPS) is 18.8. The van der Waals surface area contributed by atoms with Crippen LogP contribution < -0.4 is 5.32 Å². The van der Waals surface area contributed by atoms with Gasteiger partial charge in [0.25, 0.3) is 0 Å². The number of hydrogen-bond acceptors (Lipinski definition) is 2. The molecule has 2 nitrogen and oxygen atoms in total. The highest BCUT2D eigenvalue weighted by Gasteiger charge is 2.27. The van der Waals surface area contributed by atoms with Crippen LogP contribution in [0.15, 0.2) is 36.4 Å². The van der Waals surface area contributed by atoms with Gasteiger partial charge in [-0.25, -0.2) is 0 Å². The zero-order valence-electron chi connectivity index (χ0n) is 14.9. The summed E-state index contributed by atoms with van der Waals surface area (Å²) in [4.78, 5) is 0. The second-order valence-corrected chi connectivity index (χ2v) is 7.43. The van der Waals surface area contributed by atoms with Gasteiger partial charge in [-0.1, -0.05) is 47.2 Å². The molecule has 0 aromatic heterocycles. The van der Waals surface area contributed by atoms with E-state index in [9.17, 15) is 0 Å². The molecule has 4 heteroatoms. The van der Waals surface area contributed by atoms with E-state index in [1.165, 1.54) is 16.7 Å². The van der Waals surface area contributed by atoms with Crippen molar-refractivity contribution in [2.45, 2.75) is 37.6 Å². The van der Waals surface area contributed by atoms with Crippen molar-refractivity contribution in [2.24, 2.45) is 0 Å². The van der Waals surface area contributed by atoms with Crippen molar-refractivity contribution in [2.75, 3.05) is 13.7 Å². The minimum Gasteiger partial charge on any atom is -0.396 e. The summed E-state index contributed by atoms with van der Waals surface area (Å²) in [5.41, 5.74) is 4.87. The van der Waals surface area contributed by atoms with E-state index >= 15 is 0 Å². The molecule has 0 saturated heterocycles. The third-order valence-electron chi connectivity index (χ3n) is 4.97. The first kappa shape index (κ1) is 19.3. The summed E-state index contributed by atoms with van der Waals surface area (Å²) in [7, 11) is 2.01. The minimum absolute atomic E-state index is 0.187. The largest absolute Gasteiger partial charge is 0.396 e. The van der Waals surface area contributed by atoms with Gasteiger partial charge in [0.15, 0.2) is 0 Å². The lowest BCUT2D eigenvalue weighted by Gasteiger charge is -2.32. The summed E-state index contributed by atoms with van der Waals surface area (Å²) in [6.07, 6.45) is 3.57. The van der Waals surface area contributed by atoms with E-state index in [0.29, 0.717) is 22.0 Å². The Hall–Kier alpha value is -1.50. The molecule has 26 heavy (non-hydrogen) atoms.